The molecule has 0 aliphatic carbocycles. The van der Waals surface area contributed by atoms with Crippen LogP contribution < -0.4 is 5.32 Å². The number of carbonyl (C=O) groups is 2. The highest BCUT2D eigenvalue weighted by atomic mass is 16.5. The third-order valence-corrected chi connectivity index (χ3v) is 3.73. The lowest BCUT2D eigenvalue weighted by molar-refractivity contribution is -0.137. The van der Waals surface area contributed by atoms with E-state index < -0.39 is 11.9 Å². The fourth-order valence-corrected chi connectivity index (χ4v) is 2.65. The van der Waals surface area contributed by atoms with E-state index in [1.165, 1.54) is 7.11 Å². The molecule has 7 heteroatoms. The maximum atomic E-state index is 11.4. The van der Waals surface area contributed by atoms with Gasteiger partial charge in [-0.15, -0.1) is 0 Å². The van der Waals surface area contributed by atoms with Crippen molar-refractivity contribution in [3.8, 4) is 0 Å². The molecule has 120 valence electrons. The van der Waals surface area contributed by atoms with Crippen LogP contribution in [-0.4, -0.2) is 65.9 Å². The predicted molar refractivity (Wildman–Crippen MR) is 77.0 cm³/mol. The average Bonchev–Trinajstić information content (AvgIpc) is 2.46. The number of carboxylic acids is 2. The standard InChI is InChI=1S/C14H24N2O5/c1-3-10-8-11(4-5-15-10)16(6-7-21-2)12(14(19)20)9-13(17)18/h9-11,15H,3-8H2,1-2H3,(H,17,18)(H,19,20). The lowest BCUT2D eigenvalue weighted by Crippen LogP contribution is -2.49. The smallest absolute Gasteiger partial charge is 0.352 e. The van der Waals surface area contributed by atoms with Crippen molar-refractivity contribution in [3.05, 3.63) is 11.8 Å². The summed E-state index contributed by atoms with van der Waals surface area (Å²) < 4.78 is 5.03. The number of hydrogen-bond donors (Lipinski definition) is 3. The van der Waals surface area contributed by atoms with Crippen LogP contribution >= 0.6 is 0 Å². The van der Waals surface area contributed by atoms with E-state index in [2.05, 4.69) is 12.2 Å². The maximum absolute atomic E-state index is 11.4. The van der Waals surface area contributed by atoms with E-state index in [0.29, 0.717) is 19.2 Å². The molecule has 0 aromatic carbocycles. The lowest BCUT2D eigenvalue weighted by atomic mass is 9.95. The molecule has 1 aliphatic rings. The summed E-state index contributed by atoms with van der Waals surface area (Å²) in [5.41, 5.74) is -0.179. The molecule has 1 fully saturated rings. The highest BCUT2D eigenvalue weighted by Crippen LogP contribution is 2.21. The summed E-state index contributed by atoms with van der Waals surface area (Å²) >= 11 is 0. The minimum absolute atomic E-state index is 0.00745. The maximum Gasteiger partial charge on any atom is 0.352 e. The highest BCUT2D eigenvalue weighted by Gasteiger charge is 2.29. The van der Waals surface area contributed by atoms with Crippen LogP contribution in [-0.2, 0) is 14.3 Å². The van der Waals surface area contributed by atoms with Crippen molar-refractivity contribution in [2.45, 2.75) is 38.3 Å². The number of aliphatic carboxylic acids is 2. The second-order valence-electron chi connectivity index (χ2n) is 5.10. The van der Waals surface area contributed by atoms with E-state index in [9.17, 15) is 14.7 Å². The minimum Gasteiger partial charge on any atom is -0.478 e. The molecule has 1 heterocycles. The number of hydrogen-bond acceptors (Lipinski definition) is 5. The van der Waals surface area contributed by atoms with E-state index in [0.717, 1.165) is 31.9 Å². The van der Waals surface area contributed by atoms with Crippen molar-refractivity contribution in [3.63, 3.8) is 0 Å². The molecule has 1 saturated heterocycles. The Kier molecular flexibility index (Phi) is 7.18. The van der Waals surface area contributed by atoms with Crippen LogP contribution in [0, 0.1) is 0 Å². The first-order valence-electron chi connectivity index (χ1n) is 7.16. The predicted octanol–water partition coefficient (Wildman–Crippen LogP) is 0.519. The number of methoxy groups -OCH3 is 1. The summed E-state index contributed by atoms with van der Waals surface area (Å²) in [6, 6.07) is 0.335. The number of carboxylic acid groups (broad SMARTS) is 2. The molecule has 0 bridgehead atoms. The summed E-state index contributed by atoms with van der Waals surface area (Å²) in [6.07, 6.45) is 3.30. The topological polar surface area (TPSA) is 99.1 Å². The second-order valence-corrected chi connectivity index (χ2v) is 5.10. The molecule has 3 N–H and O–H groups in total. The lowest BCUT2D eigenvalue weighted by Gasteiger charge is -2.39. The summed E-state index contributed by atoms with van der Waals surface area (Å²) in [4.78, 5) is 23.9. The van der Waals surface area contributed by atoms with Crippen molar-refractivity contribution in [1.82, 2.24) is 10.2 Å². The van der Waals surface area contributed by atoms with Gasteiger partial charge >= 0.3 is 11.9 Å². The molecule has 7 nitrogen and oxygen atoms in total. The van der Waals surface area contributed by atoms with Gasteiger partial charge in [-0.25, -0.2) is 9.59 Å². The average molecular weight is 300 g/mol. The first-order valence-corrected chi connectivity index (χ1v) is 7.16. The van der Waals surface area contributed by atoms with E-state index in [1.54, 1.807) is 4.90 Å². The van der Waals surface area contributed by atoms with E-state index in [-0.39, 0.29) is 11.7 Å². The van der Waals surface area contributed by atoms with E-state index in [4.69, 9.17) is 9.84 Å². The molecule has 21 heavy (non-hydrogen) atoms. The zero-order valence-electron chi connectivity index (χ0n) is 12.5. The van der Waals surface area contributed by atoms with Gasteiger partial charge in [-0.3, -0.25) is 0 Å². The Morgan fingerprint density at radius 3 is 2.67 bits per heavy atom. The van der Waals surface area contributed by atoms with E-state index in [1.807, 2.05) is 0 Å². The molecular weight excluding hydrogens is 276 g/mol. The summed E-state index contributed by atoms with van der Waals surface area (Å²) in [6.45, 7) is 3.59. The summed E-state index contributed by atoms with van der Waals surface area (Å²) in [5.74, 6) is -2.48. The number of rotatable bonds is 8. The van der Waals surface area contributed by atoms with Gasteiger partial charge in [0, 0.05) is 25.7 Å². The van der Waals surface area contributed by atoms with Crippen molar-refractivity contribution in [1.29, 1.82) is 0 Å². The van der Waals surface area contributed by atoms with Gasteiger partial charge in [0.1, 0.15) is 5.70 Å². The minimum atomic E-state index is -1.25. The molecule has 1 rings (SSSR count). The fraction of sp³-hybridized carbons (Fsp3) is 0.714. The molecule has 2 unspecified atom stereocenters. The van der Waals surface area contributed by atoms with Crippen LogP contribution in [0.15, 0.2) is 11.8 Å². The highest BCUT2D eigenvalue weighted by molar-refractivity contribution is 5.94. The van der Waals surface area contributed by atoms with Gasteiger partial charge in [-0.05, 0) is 25.8 Å². The zero-order chi connectivity index (χ0) is 15.8. The summed E-state index contributed by atoms with van der Waals surface area (Å²) in [5, 5.41) is 21.6. The molecule has 0 saturated carbocycles. The van der Waals surface area contributed by atoms with Crippen molar-refractivity contribution < 1.29 is 24.5 Å². The van der Waals surface area contributed by atoms with Gasteiger partial charge in [0.2, 0.25) is 0 Å². The number of ether oxygens (including phenoxy) is 1. The fourth-order valence-electron chi connectivity index (χ4n) is 2.65. The van der Waals surface area contributed by atoms with Gasteiger partial charge in [-0.1, -0.05) is 6.92 Å². The van der Waals surface area contributed by atoms with Crippen LogP contribution in [0.2, 0.25) is 0 Å². The van der Waals surface area contributed by atoms with Gasteiger partial charge < -0.3 is 25.2 Å². The van der Waals surface area contributed by atoms with Gasteiger partial charge in [0.15, 0.2) is 0 Å². The molecule has 0 radical (unpaired) electrons. The Balaban J connectivity index is 2.96. The van der Waals surface area contributed by atoms with Crippen LogP contribution in [0.5, 0.6) is 0 Å². The van der Waals surface area contributed by atoms with Crippen LogP contribution in [0.25, 0.3) is 0 Å². The zero-order valence-corrected chi connectivity index (χ0v) is 12.5. The SMILES string of the molecule is CCC1CC(N(CCOC)C(=CC(=O)O)C(=O)O)CCN1. The quantitative estimate of drug-likeness (QED) is 0.562. The normalized spacial score (nSPS) is 22.9. The van der Waals surface area contributed by atoms with E-state index >= 15 is 0 Å². The first kappa shape index (κ1) is 17.5. The Morgan fingerprint density at radius 1 is 1.43 bits per heavy atom. The third-order valence-electron chi connectivity index (χ3n) is 3.73. The molecule has 0 amide bonds. The molecule has 1 aliphatic heterocycles. The molecule has 0 aromatic heterocycles. The van der Waals surface area contributed by atoms with Gasteiger partial charge in [-0.2, -0.15) is 0 Å². The van der Waals surface area contributed by atoms with Crippen LogP contribution in [0.3, 0.4) is 0 Å². The van der Waals surface area contributed by atoms with Crippen LogP contribution in [0.4, 0.5) is 0 Å². The van der Waals surface area contributed by atoms with Gasteiger partial charge in [0.25, 0.3) is 0 Å². The van der Waals surface area contributed by atoms with Crippen molar-refractivity contribution >= 4 is 11.9 Å². The largest absolute Gasteiger partial charge is 0.478 e. The molecule has 0 spiro atoms. The molecule has 2 atom stereocenters. The molecule has 0 aromatic rings. The number of nitrogens with zero attached hydrogens (tertiary/aromatic N) is 1. The third kappa shape index (κ3) is 5.35. The Hall–Kier alpha value is -1.60. The van der Waals surface area contributed by atoms with Crippen molar-refractivity contribution in [2.24, 2.45) is 0 Å². The number of piperidine rings is 1. The monoisotopic (exact) mass is 300 g/mol. The summed E-state index contributed by atoms with van der Waals surface area (Å²) in [7, 11) is 1.54. The second kappa shape index (κ2) is 8.63. The van der Waals surface area contributed by atoms with Crippen molar-refractivity contribution in [2.75, 3.05) is 26.8 Å². The molecular formula is C14H24N2O5. The number of nitrogens with one attached hydrogen (secondary N) is 1. The Morgan fingerprint density at radius 2 is 2.14 bits per heavy atom. The van der Waals surface area contributed by atoms with Gasteiger partial charge in [0.05, 0.1) is 12.7 Å². The Bertz CT molecular complexity index is 397. The Labute approximate surface area is 124 Å². The van der Waals surface area contributed by atoms with Crippen LogP contribution in [0.1, 0.15) is 26.2 Å². The first-order chi connectivity index (χ1) is 9.99.